The first-order chi connectivity index (χ1) is 12.0. The molecule has 6 heteroatoms. The minimum atomic E-state index is -0.484. The monoisotopic (exact) mass is 354 g/mol. The van der Waals surface area contributed by atoms with Gasteiger partial charge < -0.3 is 9.72 Å². The van der Waals surface area contributed by atoms with Crippen molar-refractivity contribution in [1.82, 2.24) is 9.97 Å². The lowest BCUT2D eigenvalue weighted by molar-refractivity contribution is 0.0461. The van der Waals surface area contributed by atoms with Gasteiger partial charge in [-0.1, -0.05) is 30.3 Å². The van der Waals surface area contributed by atoms with Gasteiger partial charge in [0.15, 0.2) is 5.78 Å². The predicted molar refractivity (Wildman–Crippen MR) is 96.9 cm³/mol. The summed E-state index contributed by atoms with van der Waals surface area (Å²) in [5, 5.41) is 2.76. The van der Waals surface area contributed by atoms with E-state index in [0.717, 1.165) is 10.6 Å². The molecule has 1 aromatic carbocycles. The average Bonchev–Trinajstić information content (AvgIpc) is 3.18. The number of nitrogens with one attached hydrogen (secondary N) is 1. The van der Waals surface area contributed by atoms with Crippen LogP contribution in [0.3, 0.4) is 0 Å². The van der Waals surface area contributed by atoms with Crippen LogP contribution in [0.5, 0.6) is 0 Å². The van der Waals surface area contributed by atoms with Gasteiger partial charge in [-0.3, -0.25) is 4.79 Å². The van der Waals surface area contributed by atoms with Crippen molar-refractivity contribution >= 4 is 23.1 Å². The number of ether oxygens (including phenoxy) is 1. The van der Waals surface area contributed by atoms with Crippen LogP contribution in [-0.2, 0) is 11.3 Å². The van der Waals surface area contributed by atoms with Crippen LogP contribution in [0.25, 0.3) is 10.6 Å². The Balaban J connectivity index is 1.70. The van der Waals surface area contributed by atoms with E-state index in [1.54, 1.807) is 13.8 Å². The number of rotatable bonds is 5. The summed E-state index contributed by atoms with van der Waals surface area (Å²) in [5.41, 5.74) is 3.90. The molecule has 128 valence electrons. The van der Waals surface area contributed by atoms with E-state index in [2.05, 4.69) is 9.97 Å². The van der Waals surface area contributed by atoms with Gasteiger partial charge in [0.05, 0.1) is 5.69 Å². The highest BCUT2D eigenvalue weighted by Crippen LogP contribution is 2.24. The molecular weight excluding hydrogens is 336 g/mol. The summed E-state index contributed by atoms with van der Waals surface area (Å²) in [6.07, 6.45) is 0. The third-order valence-corrected chi connectivity index (χ3v) is 4.86. The Labute approximate surface area is 149 Å². The van der Waals surface area contributed by atoms with Crippen molar-refractivity contribution in [3.8, 4) is 10.6 Å². The number of aromatic nitrogens is 2. The quantitative estimate of drug-likeness (QED) is 0.547. The standard InChI is InChI=1S/C19H18N2O3S/c1-11-16(13(3)22)12(2)20-17(11)19(23)24-9-15-10-25-18(21-15)14-7-5-4-6-8-14/h4-8,10,20H,9H2,1-3H3. The Bertz CT molecular complexity index is 926. The maximum atomic E-state index is 12.3. The van der Waals surface area contributed by atoms with Crippen LogP contribution in [0.1, 0.15) is 44.7 Å². The number of hydrogen-bond donors (Lipinski definition) is 1. The highest BCUT2D eigenvalue weighted by atomic mass is 32.1. The minimum absolute atomic E-state index is 0.0719. The number of ketones is 1. The molecule has 0 spiro atoms. The third kappa shape index (κ3) is 3.53. The molecular formula is C19H18N2O3S. The fraction of sp³-hybridized carbons (Fsp3) is 0.211. The van der Waals surface area contributed by atoms with Gasteiger partial charge in [0, 0.05) is 22.2 Å². The normalized spacial score (nSPS) is 10.7. The van der Waals surface area contributed by atoms with Crippen LogP contribution in [0.2, 0.25) is 0 Å². The van der Waals surface area contributed by atoms with E-state index in [4.69, 9.17) is 4.74 Å². The number of nitrogens with zero attached hydrogens (tertiary/aromatic N) is 1. The van der Waals surface area contributed by atoms with Crippen molar-refractivity contribution in [3.63, 3.8) is 0 Å². The third-order valence-electron chi connectivity index (χ3n) is 3.92. The number of esters is 1. The summed E-state index contributed by atoms with van der Waals surface area (Å²) in [5.74, 6) is -0.556. The van der Waals surface area contributed by atoms with E-state index in [0.29, 0.717) is 28.2 Å². The first-order valence-corrected chi connectivity index (χ1v) is 8.72. The van der Waals surface area contributed by atoms with Gasteiger partial charge in [-0.15, -0.1) is 11.3 Å². The van der Waals surface area contributed by atoms with E-state index >= 15 is 0 Å². The van der Waals surface area contributed by atoms with Crippen molar-refractivity contribution in [3.05, 3.63) is 63.9 Å². The number of carbonyl (C=O) groups excluding carboxylic acids is 2. The number of Topliss-reactive ketones (excluding diaryl/α,β-unsaturated/α-hetero) is 1. The number of thiazole rings is 1. The number of H-pyrrole nitrogens is 1. The second-order valence-corrected chi connectivity index (χ2v) is 6.63. The smallest absolute Gasteiger partial charge is 0.355 e. The van der Waals surface area contributed by atoms with Gasteiger partial charge in [0.1, 0.15) is 17.3 Å². The molecule has 0 amide bonds. The van der Waals surface area contributed by atoms with Crippen molar-refractivity contribution in [1.29, 1.82) is 0 Å². The summed E-state index contributed by atoms with van der Waals surface area (Å²) in [7, 11) is 0. The van der Waals surface area contributed by atoms with E-state index in [1.807, 2.05) is 35.7 Å². The Hall–Kier alpha value is -2.73. The summed E-state index contributed by atoms with van der Waals surface area (Å²) in [4.78, 5) is 31.4. The van der Waals surface area contributed by atoms with Crippen molar-refractivity contribution in [2.24, 2.45) is 0 Å². The molecule has 0 radical (unpaired) electrons. The molecule has 2 heterocycles. The van der Waals surface area contributed by atoms with E-state index in [1.165, 1.54) is 18.3 Å². The maximum Gasteiger partial charge on any atom is 0.355 e. The van der Waals surface area contributed by atoms with Gasteiger partial charge in [-0.2, -0.15) is 0 Å². The minimum Gasteiger partial charge on any atom is -0.454 e. The summed E-state index contributed by atoms with van der Waals surface area (Å²) >= 11 is 1.51. The molecule has 0 aliphatic rings. The molecule has 0 saturated carbocycles. The number of benzene rings is 1. The average molecular weight is 354 g/mol. The topological polar surface area (TPSA) is 72.0 Å². The zero-order chi connectivity index (χ0) is 18.0. The number of aryl methyl sites for hydroxylation is 1. The molecule has 0 saturated heterocycles. The number of carbonyl (C=O) groups is 2. The molecule has 3 aromatic rings. The van der Waals surface area contributed by atoms with E-state index in [-0.39, 0.29) is 12.4 Å². The highest BCUT2D eigenvalue weighted by molar-refractivity contribution is 7.13. The zero-order valence-corrected chi connectivity index (χ0v) is 15.1. The van der Waals surface area contributed by atoms with Gasteiger partial charge in [-0.25, -0.2) is 9.78 Å². The zero-order valence-electron chi connectivity index (χ0n) is 14.3. The summed E-state index contributed by atoms with van der Waals surface area (Å²) in [6.45, 7) is 5.09. The molecule has 0 bridgehead atoms. The Kier molecular flexibility index (Phi) is 4.81. The first-order valence-electron chi connectivity index (χ1n) is 7.84. The summed E-state index contributed by atoms with van der Waals surface area (Å²) < 4.78 is 5.35. The van der Waals surface area contributed by atoms with Crippen LogP contribution in [0.15, 0.2) is 35.7 Å². The molecule has 0 atom stereocenters. The fourth-order valence-electron chi connectivity index (χ4n) is 2.78. The molecule has 3 rings (SSSR count). The number of hydrogen-bond acceptors (Lipinski definition) is 5. The Morgan fingerprint density at radius 1 is 1.20 bits per heavy atom. The molecule has 1 N–H and O–H groups in total. The first kappa shape index (κ1) is 17.1. The van der Waals surface area contributed by atoms with Crippen LogP contribution in [-0.4, -0.2) is 21.7 Å². The molecule has 2 aromatic heterocycles. The summed E-state index contributed by atoms with van der Waals surface area (Å²) in [6, 6.07) is 9.85. The van der Waals surface area contributed by atoms with Gasteiger partial charge in [-0.05, 0) is 26.3 Å². The van der Waals surface area contributed by atoms with Crippen molar-refractivity contribution in [2.75, 3.05) is 0 Å². The highest BCUT2D eigenvalue weighted by Gasteiger charge is 2.21. The Morgan fingerprint density at radius 3 is 2.56 bits per heavy atom. The van der Waals surface area contributed by atoms with Gasteiger partial charge in [0.2, 0.25) is 0 Å². The predicted octanol–water partition coefficient (Wildman–Crippen LogP) is 4.31. The van der Waals surface area contributed by atoms with Crippen LogP contribution >= 0.6 is 11.3 Å². The molecule has 0 aliphatic heterocycles. The Morgan fingerprint density at radius 2 is 1.92 bits per heavy atom. The lowest BCUT2D eigenvalue weighted by atomic mass is 10.1. The fourth-order valence-corrected chi connectivity index (χ4v) is 3.59. The van der Waals surface area contributed by atoms with Crippen LogP contribution < -0.4 is 0 Å². The maximum absolute atomic E-state index is 12.3. The van der Waals surface area contributed by atoms with Crippen LogP contribution in [0.4, 0.5) is 0 Å². The molecule has 0 aliphatic carbocycles. The second-order valence-electron chi connectivity index (χ2n) is 5.77. The lowest BCUT2D eigenvalue weighted by Gasteiger charge is -2.02. The van der Waals surface area contributed by atoms with Gasteiger partial charge in [0.25, 0.3) is 0 Å². The van der Waals surface area contributed by atoms with Crippen molar-refractivity contribution in [2.45, 2.75) is 27.4 Å². The van der Waals surface area contributed by atoms with E-state index in [9.17, 15) is 9.59 Å². The van der Waals surface area contributed by atoms with Gasteiger partial charge >= 0.3 is 5.97 Å². The molecule has 0 unspecified atom stereocenters. The lowest BCUT2D eigenvalue weighted by Crippen LogP contribution is -2.08. The van der Waals surface area contributed by atoms with E-state index < -0.39 is 5.97 Å². The van der Waals surface area contributed by atoms with Crippen LogP contribution in [0, 0.1) is 13.8 Å². The van der Waals surface area contributed by atoms with Crippen molar-refractivity contribution < 1.29 is 14.3 Å². The largest absolute Gasteiger partial charge is 0.454 e. The second kappa shape index (κ2) is 7.03. The SMILES string of the molecule is CC(=O)c1c(C)[nH]c(C(=O)OCc2csc(-c3ccccc3)n2)c1C. The number of aromatic amines is 1. The molecule has 0 fully saturated rings. The molecule has 5 nitrogen and oxygen atoms in total. The molecule has 25 heavy (non-hydrogen) atoms.